The predicted octanol–water partition coefficient (Wildman–Crippen LogP) is 3.31. The molecule has 1 heterocycles. The first-order valence-corrected chi connectivity index (χ1v) is 9.72. The van der Waals surface area contributed by atoms with E-state index in [1.807, 2.05) is 36.4 Å². The number of carbonyl (C=O) groups excluding carboxylic acids is 2. The molecule has 1 atom stereocenters. The van der Waals surface area contributed by atoms with Gasteiger partial charge in [-0.2, -0.15) is 0 Å². The van der Waals surface area contributed by atoms with E-state index in [-0.39, 0.29) is 24.4 Å². The molecule has 1 N–H and O–H groups in total. The summed E-state index contributed by atoms with van der Waals surface area (Å²) in [5.74, 6) is -0.352. The molecule has 0 saturated heterocycles. The molecule has 28 heavy (non-hydrogen) atoms. The van der Waals surface area contributed by atoms with Gasteiger partial charge in [0.05, 0.1) is 6.04 Å². The van der Waals surface area contributed by atoms with Crippen LogP contribution in [-0.4, -0.2) is 47.8 Å². The number of hydrogen-bond acceptors (Lipinski definition) is 3. The number of nitrogens with zero attached hydrogens (tertiary/aromatic N) is 2. The molecule has 3 rings (SSSR count). The summed E-state index contributed by atoms with van der Waals surface area (Å²) in [5.41, 5.74) is 3.15. The molecule has 2 aromatic rings. The van der Waals surface area contributed by atoms with Crippen LogP contribution in [0.2, 0.25) is 0 Å². The molecule has 1 aliphatic heterocycles. The second kappa shape index (κ2) is 8.85. The maximum absolute atomic E-state index is 12.6. The molecule has 0 aliphatic carbocycles. The Kier molecular flexibility index (Phi) is 6.26. The fourth-order valence-electron chi connectivity index (χ4n) is 3.71. The van der Waals surface area contributed by atoms with Crippen LogP contribution in [0.1, 0.15) is 41.4 Å². The van der Waals surface area contributed by atoms with Crippen LogP contribution in [0.25, 0.3) is 5.70 Å². The van der Waals surface area contributed by atoms with Crippen molar-refractivity contribution in [3.63, 3.8) is 0 Å². The summed E-state index contributed by atoms with van der Waals surface area (Å²) in [6, 6.07) is 17.6. The van der Waals surface area contributed by atoms with Gasteiger partial charge in [0.2, 0.25) is 5.91 Å². The lowest BCUT2D eigenvalue weighted by atomic mass is 10.1. The zero-order valence-corrected chi connectivity index (χ0v) is 16.5. The summed E-state index contributed by atoms with van der Waals surface area (Å²) < 4.78 is 0. The van der Waals surface area contributed by atoms with E-state index in [2.05, 4.69) is 42.8 Å². The zero-order chi connectivity index (χ0) is 20.1. The fraction of sp³-hybridized carbons (Fsp3) is 0.304. The summed E-state index contributed by atoms with van der Waals surface area (Å²) in [6.07, 6.45) is 0. The molecule has 0 spiro atoms. The molecule has 146 valence electrons. The molecular formula is C23H27N3O2. The molecule has 0 radical (unpaired) electrons. The van der Waals surface area contributed by atoms with Crippen molar-refractivity contribution in [2.24, 2.45) is 0 Å². The van der Waals surface area contributed by atoms with Crippen LogP contribution >= 0.6 is 0 Å². The van der Waals surface area contributed by atoms with Gasteiger partial charge in [-0.05, 0) is 24.7 Å². The molecule has 1 unspecified atom stereocenters. The van der Waals surface area contributed by atoms with Crippen molar-refractivity contribution in [2.75, 3.05) is 26.2 Å². The molecule has 0 saturated carbocycles. The van der Waals surface area contributed by atoms with Crippen molar-refractivity contribution in [3.05, 3.63) is 77.9 Å². The van der Waals surface area contributed by atoms with Gasteiger partial charge in [0.25, 0.3) is 5.91 Å². The first-order valence-electron chi connectivity index (χ1n) is 9.72. The van der Waals surface area contributed by atoms with Crippen molar-refractivity contribution in [3.8, 4) is 0 Å². The summed E-state index contributed by atoms with van der Waals surface area (Å²) in [7, 11) is 0. The molecule has 0 fully saturated rings. The molecular weight excluding hydrogens is 350 g/mol. The van der Waals surface area contributed by atoms with E-state index < -0.39 is 0 Å². The monoisotopic (exact) mass is 377 g/mol. The highest BCUT2D eigenvalue weighted by atomic mass is 16.2. The first-order chi connectivity index (χ1) is 13.6. The Morgan fingerprint density at radius 3 is 2.25 bits per heavy atom. The highest BCUT2D eigenvalue weighted by molar-refractivity contribution is 6.10. The molecule has 2 amide bonds. The number of rotatable bonds is 8. The third kappa shape index (κ3) is 3.99. The number of carbonyl (C=O) groups is 2. The van der Waals surface area contributed by atoms with Crippen LogP contribution in [0.4, 0.5) is 0 Å². The van der Waals surface area contributed by atoms with Crippen LogP contribution in [0, 0.1) is 0 Å². The fourth-order valence-corrected chi connectivity index (χ4v) is 3.71. The van der Waals surface area contributed by atoms with Gasteiger partial charge in [0.1, 0.15) is 6.54 Å². The summed E-state index contributed by atoms with van der Waals surface area (Å²) >= 11 is 0. The standard InChI is InChI=1S/C23H27N3O2/c1-4-25(5-2)21(18-11-7-6-8-12-18)15-24-22(27)16-26-17(3)19-13-9-10-14-20(19)23(26)28/h6-14,21H,3-5,15-16H2,1-2H3,(H,24,27). The quantitative estimate of drug-likeness (QED) is 0.768. The largest absolute Gasteiger partial charge is 0.353 e. The maximum Gasteiger partial charge on any atom is 0.259 e. The zero-order valence-electron chi connectivity index (χ0n) is 16.5. The van der Waals surface area contributed by atoms with Gasteiger partial charge in [0, 0.05) is 23.4 Å². The molecule has 5 heteroatoms. The highest BCUT2D eigenvalue weighted by Crippen LogP contribution is 2.30. The van der Waals surface area contributed by atoms with Gasteiger partial charge >= 0.3 is 0 Å². The second-order valence-electron chi connectivity index (χ2n) is 6.84. The van der Waals surface area contributed by atoms with E-state index in [1.165, 1.54) is 10.5 Å². The lowest BCUT2D eigenvalue weighted by molar-refractivity contribution is -0.121. The number of hydrogen-bond donors (Lipinski definition) is 1. The van der Waals surface area contributed by atoms with Crippen LogP contribution in [0.3, 0.4) is 0 Å². The Morgan fingerprint density at radius 2 is 1.64 bits per heavy atom. The summed E-state index contributed by atoms with van der Waals surface area (Å²) in [4.78, 5) is 29.0. The summed E-state index contributed by atoms with van der Waals surface area (Å²) in [5, 5.41) is 3.01. The van der Waals surface area contributed by atoms with Crippen molar-refractivity contribution >= 4 is 17.5 Å². The number of fused-ring (bicyclic) bond motifs is 1. The van der Waals surface area contributed by atoms with Crippen molar-refractivity contribution in [1.82, 2.24) is 15.1 Å². The van der Waals surface area contributed by atoms with Gasteiger partial charge in [-0.15, -0.1) is 0 Å². The van der Waals surface area contributed by atoms with Gasteiger partial charge < -0.3 is 5.32 Å². The van der Waals surface area contributed by atoms with Crippen molar-refractivity contribution in [2.45, 2.75) is 19.9 Å². The van der Waals surface area contributed by atoms with Crippen LogP contribution in [0.5, 0.6) is 0 Å². The SMILES string of the molecule is C=C1c2ccccc2C(=O)N1CC(=O)NCC(c1ccccc1)N(CC)CC. The third-order valence-corrected chi connectivity index (χ3v) is 5.27. The Labute approximate surface area is 166 Å². The number of amides is 2. The van der Waals surface area contributed by atoms with Gasteiger partial charge in [-0.3, -0.25) is 19.4 Å². The molecule has 5 nitrogen and oxygen atoms in total. The predicted molar refractivity (Wildman–Crippen MR) is 112 cm³/mol. The Hall–Kier alpha value is -2.92. The first kappa shape index (κ1) is 19.8. The van der Waals surface area contributed by atoms with Crippen molar-refractivity contribution in [1.29, 1.82) is 0 Å². The Bertz CT molecular complexity index is 824. The van der Waals surface area contributed by atoms with E-state index in [0.29, 0.717) is 17.8 Å². The topological polar surface area (TPSA) is 52.7 Å². The lowest BCUT2D eigenvalue weighted by Gasteiger charge is -2.30. The minimum Gasteiger partial charge on any atom is -0.353 e. The minimum atomic E-state index is -0.185. The van der Waals surface area contributed by atoms with Crippen LogP contribution in [-0.2, 0) is 4.79 Å². The third-order valence-electron chi connectivity index (χ3n) is 5.27. The normalized spacial score (nSPS) is 14.3. The molecule has 0 bridgehead atoms. The average Bonchev–Trinajstić information content (AvgIpc) is 2.97. The van der Waals surface area contributed by atoms with E-state index >= 15 is 0 Å². The molecule has 1 aliphatic rings. The smallest absolute Gasteiger partial charge is 0.259 e. The Morgan fingerprint density at radius 1 is 1.04 bits per heavy atom. The van der Waals surface area contributed by atoms with E-state index in [9.17, 15) is 9.59 Å². The average molecular weight is 377 g/mol. The van der Waals surface area contributed by atoms with Crippen LogP contribution < -0.4 is 5.32 Å². The van der Waals surface area contributed by atoms with Gasteiger partial charge in [0.15, 0.2) is 0 Å². The number of likely N-dealkylation sites (N-methyl/N-ethyl adjacent to an activating group) is 1. The lowest BCUT2D eigenvalue weighted by Crippen LogP contribution is -2.42. The van der Waals surface area contributed by atoms with Crippen LogP contribution in [0.15, 0.2) is 61.2 Å². The number of benzene rings is 2. The van der Waals surface area contributed by atoms with Gasteiger partial charge in [-0.25, -0.2) is 0 Å². The van der Waals surface area contributed by atoms with E-state index in [4.69, 9.17) is 0 Å². The highest BCUT2D eigenvalue weighted by Gasteiger charge is 2.32. The van der Waals surface area contributed by atoms with E-state index in [0.717, 1.165) is 18.7 Å². The van der Waals surface area contributed by atoms with E-state index in [1.54, 1.807) is 6.07 Å². The summed E-state index contributed by atoms with van der Waals surface area (Å²) in [6.45, 7) is 10.5. The number of nitrogens with one attached hydrogen (secondary N) is 1. The molecule has 0 aromatic heterocycles. The second-order valence-corrected chi connectivity index (χ2v) is 6.84. The Balaban J connectivity index is 1.66. The van der Waals surface area contributed by atoms with Crippen molar-refractivity contribution < 1.29 is 9.59 Å². The van der Waals surface area contributed by atoms with Gasteiger partial charge in [-0.1, -0.05) is 69.0 Å². The maximum atomic E-state index is 12.6. The minimum absolute atomic E-state index is 0.0217. The molecule has 2 aromatic carbocycles.